The van der Waals surface area contributed by atoms with Gasteiger partial charge in [0.1, 0.15) is 0 Å². The van der Waals surface area contributed by atoms with Gasteiger partial charge in [-0.3, -0.25) is 4.90 Å². The zero-order valence-corrected chi connectivity index (χ0v) is 11.7. The lowest BCUT2D eigenvalue weighted by molar-refractivity contribution is 0.149. The molecule has 0 amide bonds. The average molecular weight is 263 g/mol. The standard InChI is InChI=1S/C14H21N3S/c1-16(14(15)18)13-8-5-9-17(11-13)10-12-6-3-2-4-7-12/h2-4,6-7,13H,5,8-11H2,1H3,(H2,15,18). The van der Waals surface area contributed by atoms with E-state index in [1.54, 1.807) is 0 Å². The van der Waals surface area contributed by atoms with Gasteiger partial charge >= 0.3 is 0 Å². The van der Waals surface area contributed by atoms with Crippen molar-refractivity contribution in [3.8, 4) is 0 Å². The van der Waals surface area contributed by atoms with Crippen molar-refractivity contribution in [2.75, 3.05) is 20.1 Å². The van der Waals surface area contributed by atoms with E-state index in [4.69, 9.17) is 18.0 Å². The molecule has 0 saturated carbocycles. The Bertz CT molecular complexity index is 393. The van der Waals surface area contributed by atoms with Crippen LogP contribution in [0.25, 0.3) is 0 Å². The first kappa shape index (κ1) is 13.3. The van der Waals surface area contributed by atoms with Gasteiger partial charge in [0.2, 0.25) is 0 Å². The highest BCUT2D eigenvalue weighted by Crippen LogP contribution is 2.17. The third kappa shape index (κ3) is 3.43. The smallest absolute Gasteiger partial charge is 0.166 e. The summed E-state index contributed by atoms with van der Waals surface area (Å²) in [5.41, 5.74) is 7.08. The topological polar surface area (TPSA) is 32.5 Å². The summed E-state index contributed by atoms with van der Waals surface area (Å²) in [5, 5.41) is 0.501. The van der Waals surface area contributed by atoms with Crippen molar-refractivity contribution in [1.82, 2.24) is 9.80 Å². The molecular weight excluding hydrogens is 242 g/mol. The Morgan fingerprint density at radius 1 is 1.44 bits per heavy atom. The molecule has 1 unspecified atom stereocenters. The lowest BCUT2D eigenvalue weighted by Crippen LogP contribution is -2.49. The Morgan fingerprint density at radius 3 is 2.83 bits per heavy atom. The molecule has 1 aromatic carbocycles. The van der Waals surface area contributed by atoms with E-state index in [1.807, 2.05) is 11.9 Å². The van der Waals surface area contributed by atoms with E-state index in [0.29, 0.717) is 11.2 Å². The molecule has 0 spiro atoms. The number of piperidine rings is 1. The summed E-state index contributed by atoms with van der Waals surface area (Å²) in [7, 11) is 2.00. The molecular formula is C14H21N3S. The van der Waals surface area contributed by atoms with Gasteiger partial charge in [-0.1, -0.05) is 30.3 Å². The number of benzene rings is 1. The third-order valence-electron chi connectivity index (χ3n) is 3.62. The molecule has 2 N–H and O–H groups in total. The highest BCUT2D eigenvalue weighted by molar-refractivity contribution is 7.80. The molecule has 1 atom stereocenters. The summed E-state index contributed by atoms with van der Waals surface area (Å²) in [6.45, 7) is 3.22. The van der Waals surface area contributed by atoms with E-state index in [0.717, 1.165) is 19.6 Å². The van der Waals surface area contributed by atoms with Gasteiger partial charge in [-0.25, -0.2) is 0 Å². The molecule has 98 valence electrons. The summed E-state index contributed by atoms with van der Waals surface area (Å²) in [6.07, 6.45) is 2.39. The van der Waals surface area contributed by atoms with Crippen LogP contribution in [0.5, 0.6) is 0 Å². The Labute approximate surface area is 115 Å². The fourth-order valence-corrected chi connectivity index (χ4v) is 2.66. The first-order valence-corrected chi connectivity index (χ1v) is 6.86. The van der Waals surface area contributed by atoms with Crippen LogP contribution < -0.4 is 5.73 Å². The van der Waals surface area contributed by atoms with Gasteiger partial charge in [-0.15, -0.1) is 0 Å². The number of nitrogens with zero attached hydrogens (tertiary/aromatic N) is 2. The lowest BCUT2D eigenvalue weighted by Gasteiger charge is -2.37. The van der Waals surface area contributed by atoms with Crippen LogP contribution in [-0.2, 0) is 6.54 Å². The molecule has 0 bridgehead atoms. The summed E-state index contributed by atoms with van der Waals surface area (Å²) in [6, 6.07) is 11.1. The van der Waals surface area contributed by atoms with Crippen LogP contribution in [0.1, 0.15) is 18.4 Å². The number of hydrogen-bond donors (Lipinski definition) is 1. The Morgan fingerprint density at radius 2 is 2.17 bits per heavy atom. The Kier molecular flexibility index (Phi) is 4.55. The van der Waals surface area contributed by atoms with Gasteiger partial charge in [-0.2, -0.15) is 0 Å². The van der Waals surface area contributed by atoms with Crippen molar-refractivity contribution in [2.45, 2.75) is 25.4 Å². The van der Waals surface area contributed by atoms with Crippen molar-refractivity contribution in [1.29, 1.82) is 0 Å². The van der Waals surface area contributed by atoms with Crippen molar-refractivity contribution in [3.05, 3.63) is 35.9 Å². The molecule has 1 heterocycles. The molecule has 4 heteroatoms. The van der Waals surface area contributed by atoms with Gasteiger partial charge in [0.05, 0.1) is 0 Å². The zero-order chi connectivity index (χ0) is 13.0. The minimum absolute atomic E-state index is 0.458. The maximum atomic E-state index is 5.70. The average Bonchev–Trinajstić information content (AvgIpc) is 2.39. The predicted molar refractivity (Wildman–Crippen MR) is 79.3 cm³/mol. The minimum Gasteiger partial charge on any atom is -0.376 e. The van der Waals surface area contributed by atoms with Crippen LogP contribution in [0.3, 0.4) is 0 Å². The molecule has 1 fully saturated rings. The van der Waals surface area contributed by atoms with E-state index < -0.39 is 0 Å². The summed E-state index contributed by atoms with van der Waals surface area (Å²) >= 11 is 5.05. The molecule has 1 aliphatic rings. The van der Waals surface area contributed by atoms with Crippen molar-refractivity contribution < 1.29 is 0 Å². The molecule has 0 radical (unpaired) electrons. The van der Waals surface area contributed by atoms with Gasteiger partial charge in [0.25, 0.3) is 0 Å². The molecule has 18 heavy (non-hydrogen) atoms. The van der Waals surface area contributed by atoms with E-state index >= 15 is 0 Å². The van der Waals surface area contributed by atoms with Crippen LogP contribution in [0.4, 0.5) is 0 Å². The van der Waals surface area contributed by atoms with Crippen LogP contribution in [0.15, 0.2) is 30.3 Å². The predicted octanol–water partition coefficient (Wildman–Crippen LogP) is 1.83. The molecule has 1 saturated heterocycles. The van der Waals surface area contributed by atoms with E-state index in [1.165, 1.54) is 18.4 Å². The maximum Gasteiger partial charge on any atom is 0.166 e. The molecule has 2 rings (SSSR count). The number of thiocarbonyl (C=S) groups is 1. The van der Waals surface area contributed by atoms with E-state index in [2.05, 4.69) is 35.2 Å². The second-order valence-electron chi connectivity index (χ2n) is 4.97. The number of likely N-dealkylation sites (tertiary alicyclic amines) is 1. The van der Waals surface area contributed by atoms with Gasteiger partial charge in [0.15, 0.2) is 5.11 Å². The largest absolute Gasteiger partial charge is 0.376 e. The van der Waals surface area contributed by atoms with Gasteiger partial charge < -0.3 is 10.6 Å². The fourth-order valence-electron chi connectivity index (χ4n) is 2.51. The zero-order valence-electron chi connectivity index (χ0n) is 10.9. The molecule has 1 aromatic rings. The summed E-state index contributed by atoms with van der Waals surface area (Å²) in [4.78, 5) is 4.52. The maximum absolute atomic E-state index is 5.70. The molecule has 0 aromatic heterocycles. The second-order valence-corrected chi connectivity index (χ2v) is 5.38. The molecule has 3 nitrogen and oxygen atoms in total. The van der Waals surface area contributed by atoms with Gasteiger partial charge in [-0.05, 0) is 37.2 Å². The van der Waals surface area contributed by atoms with Crippen LogP contribution >= 0.6 is 12.2 Å². The van der Waals surface area contributed by atoms with Crippen molar-refractivity contribution in [3.63, 3.8) is 0 Å². The van der Waals surface area contributed by atoms with E-state index in [-0.39, 0.29) is 0 Å². The molecule has 1 aliphatic heterocycles. The van der Waals surface area contributed by atoms with Crippen LogP contribution in [0, 0.1) is 0 Å². The first-order valence-electron chi connectivity index (χ1n) is 6.45. The number of hydrogen-bond acceptors (Lipinski definition) is 2. The number of nitrogens with two attached hydrogens (primary N) is 1. The van der Waals surface area contributed by atoms with Crippen molar-refractivity contribution in [2.24, 2.45) is 5.73 Å². The van der Waals surface area contributed by atoms with Gasteiger partial charge in [0, 0.05) is 26.2 Å². The number of rotatable bonds is 3. The highest BCUT2D eigenvalue weighted by atomic mass is 32.1. The third-order valence-corrected chi connectivity index (χ3v) is 3.91. The van der Waals surface area contributed by atoms with Crippen LogP contribution in [0.2, 0.25) is 0 Å². The normalized spacial score (nSPS) is 20.6. The second kappa shape index (κ2) is 6.16. The lowest BCUT2D eigenvalue weighted by atomic mass is 10.0. The number of likely N-dealkylation sites (N-methyl/N-ethyl adjacent to an activating group) is 1. The highest BCUT2D eigenvalue weighted by Gasteiger charge is 2.23. The molecule has 0 aliphatic carbocycles. The monoisotopic (exact) mass is 263 g/mol. The van der Waals surface area contributed by atoms with Crippen molar-refractivity contribution >= 4 is 17.3 Å². The Balaban J connectivity index is 1.93. The summed E-state index contributed by atoms with van der Waals surface area (Å²) in [5.74, 6) is 0. The summed E-state index contributed by atoms with van der Waals surface area (Å²) < 4.78 is 0. The SMILES string of the molecule is CN(C(N)=S)C1CCCN(Cc2ccccc2)C1. The fraction of sp³-hybridized carbons (Fsp3) is 0.500. The first-order chi connectivity index (χ1) is 8.66. The van der Waals surface area contributed by atoms with Crippen LogP contribution in [-0.4, -0.2) is 41.1 Å². The minimum atomic E-state index is 0.458. The quantitative estimate of drug-likeness (QED) is 0.843. The Hall–Kier alpha value is -1.13. The van der Waals surface area contributed by atoms with E-state index in [9.17, 15) is 0 Å².